The number of anilines is 1. The van der Waals surface area contributed by atoms with Gasteiger partial charge in [0.2, 0.25) is 15.9 Å². The van der Waals surface area contributed by atoms with E-state index in [0.29, 0.717) is 16.6 Å². The van der Waals surface area contributed by atoms with Crippen LogP contribution < -0.4 is 9.62 Å². The van der Waals surface area contributed by atoms with E-state index in [-0.39, 0.29) is 10.4 Å². The quantitative estimate of drug-likeness (QED) is 0.678. The Kier molecular flexibility index (Phi) is 7.63. The van der Waals surface area contributed by atoms with Gasteiger partial charge in [-0.2, -0.15) is 24.9 Å². The molecule has 1 atom stereocenters. The van der Waals surface area contributed by atoms with E-state index in [1.807, 2.05) is 20.8 Å². The van der Waals surface area contributed by atoms with Gasteiger partial charge in [-0.1, -0.05) is 26.8 Å². The summed E-state index contributed by atoms with van der Waals surface area (Å²) in [5.74, 6) is 0.0528. The molecule has 0 aliphatic carbocycles. The average Bonchev–Trinajstić information content (AvgIpc) is 2.48. The molecular formula is C17H25F3N2O3S2. The van der Waals surface area contributed by atoms with Crippen LogP contribution in [0.1, 0.15) is 33.3 Å². The number of carbonyl (C=O) groups is 1. The Balaban J connectivity index is 3.00. The van der Waals surface area contributed by atoms with Crippen LogP contribution in [0, 0.1) is 0 Å². The highest BCUT2D eigenvalue weighted by molar-refractivity contribution is 8.00. The van der Waals surface area contributed by atoms with E-state index in [4.69, 9.17) is 0 Å². The maximum absolute atomic E-state index is 12.9. The lowest BCUT2D eigenvalue weighted by molar-refractivity contribution is -0.137. The molecule has 0 aliphatic rings. The highest BCUT2D eigenvalue weighted by atomic mass is 32.2. The molecule has 1 rings (SSSR count). The minimum atomic E-state index is -4.62. The predicted molar refractivity (Wildman–Crippen MR) is 103 cm³/mol. The second kappa shape index (κ2) is 8.72. The molecular weight excluding hydrogens is 401 g/mol. The van der Waals surface area contributed by atoms with Crippen LogP contribution in [-0.4, -0.2) is 43.7 Å². The van der Waals surface area contributed by atoms with E-state index >= 15 is 0 Å². The van der Waals surface area contributed by atoms with Crippen molar-refractivity contribution in [1.29, 1.82) is 0 Å². The fourth-order valence-electron chi connectivity index (χ4n) is 2.31. The van der Waals surface area contributed by atoms with Crippen LogP contribution in [0.15, 0.2) is 24.3 Å². The Labute approximate surface area is 162 Å². The van der Waals surface area contributed by atoms with Gasteiger partial charge in [-0.3, -0.25) is 9.10 Å². The Morgan fingerprint density at radius 2 is 1.85 bits per heavy atom. The van der Waals surface area contributed by atoms with Crippen molar-refractivity contribution in [3.05, 3.63) is 29.8 Å². The topological polar surface area (TPSA) is 66.5 Å². The molecule has 0 bridgehead atoms. The van der Waals surface area contributed by atoms with Gasteiger partial charge in [0.25, 0.3) is 0 Å². The molecule has 5 nitrogen and oxygen atoms in total. The van der Waals surface area contributed by atoms with Gasteiger partial charge in [0, 0.05) is 17.0 Å². The fourth-order valence-corrected chi connectivity index (χ4v) is 4.29. The second-order valence-electron chi connectivity index (χ2n) is 7.03. The molecule has 0 aliphatic heterocycles. The van der Waals surface area contributed by atoms with Crippen LogP contribution >= 0.6 is 11.8 Å². The molecule has 10 heteroatoms. The summed E-state index contributed by atoms with van der Waals surface area (Å²) in [4.78, 5) is 12.4. The first-order valence-electron chi connectivity index (χ1n) is 8.21. The molecule has 154 valence electrons. The summed E-state index contributed by atoms with van der Waals surface area (Å²) in [5.41, 5.74) is -1.19. The van der Waals surface area contributed by atoms with E-state index in [1.165, 1.54) is 13.0 Å². The number of rotatable bonds is 7. The van der Waals surface area contributed by atoms with Gasteiger partial charge in [0.15, 0.2) is 0 Å². The van der Waals surface area contributed by atoms with E-state index in [0.717, 1.165) is 24.5 Å². The summed E-state index contributed by atoms with van der Waals surface area (Å²) >= 11 is 1.63. The third-order valence-electron chi connectivity index (χ3n) is 3.45. The van der Waals surface area contributed by atoms with Crippen LogP contribution in [0.25, 0.3) is 0 Å². The summed E-state index contributed by atoms with van der Waals surface area (Å²) in [6.45, 7) is 7.75. The number of hydrogen-bond donors (Lipinski definition) is 1. The lowest BCUT2D eigenvalue weighted by Crippen LogP contribution is -2.48. The second-order valence-corrected chi connectivity index (χ2v) is 10.8. The maximum Gasteiger partial charge on any atom is 0.416 e. The molecule has 1 aromatic carbocycles. The monoisotopic (exact) mass is 426 g/mol. The molecule has 0 radical (unpaired) electrons. The van der Waals surface area contributed by atoms with Crippen molar-refractivity contribution in [2.45, 2.75) is 44.7 Å². The predicted octanol–water partition coefficient (Wildman–Crippen LogP) is 3.51. The summed E-state index contributed by atoms with van der Waals surface area (Å²) < 4.78 is 63.9. The summed E-state index contributed by atoms with van der Waals surface area (Å²) in [6, 6.07) is 2.72. The number of amides is 1. The molecule has 0 aromatic heterocycles. The van der Waals surface area contributed by atoms with Gasteiger partial charge in [0.05, 0.1) is 17.5 Å². The zero-order chi connectivity index (χ0) is 21.0. The minimum Gasteiger partial charge on any atom is -0.353 e. The van der Waals surface area contributed by atoms with Gasteiger partial charge in [-0.05, 0) is 25.1 Å². The first kappa shape index (κ1) is 23.6. The molecule has 0 saturated carbocycles. The van der Waals surface area contributed by atoms with Crippen LogP contribution in [0.3, 0.4) is 0 Å². The third kappa shape index (κ3) is 7.61. The average molecular weight is 427 g/mol. The lowest BCUT2D eigenvalue weighted by atomic mass is 10.2. The third-order valence-corrected chi connectivity index (χ3v) is 5.97. The van der Waals surface area contributed by atoms with Crippen molar-refractivity contribution in [2.24, 2.45) is 0 Å². The molecule has 0 spiro atoms. The van der Waals surface area contributed by atoms with Crippen molar-refractivity contribution in [3.63, 3.8) is 0 Å². The molecule has 0 fully saturated rings. The summed E-state index contributed by atoms with van der Waals surface area (Å²) in [5, 5.41) is 2.63. The molecule has 1 aromatic rings. The minimum absolute atomic E-state index is 0.0210. The Hall–Kier alpha value is -1.42. The van der Waals surface area contributed by atoms with Crippen molar-refractivity contribution in [1.82, 2.24) is 5.32 Å². The first-order chi connectivity index (χ1) is 12.1. The number of nitrogens with zero attached hydrogens (tertiary/aromatic N) is 1. The van der Waals surface area contributed by atoms with Crippen LogP contribution in [-0.2, 0) is 21.0 Å². The van der Waals surface area contributed by atoms with E-state index in [2.05, 4.69) is 5.32 Å². The normalized spacial score (nSPS) is 13.9. The maximum atomic E-state index is 12.9. The fraction of sp³-hybridized carbons (Fsp3) is 0.588. The number of sulfonamides is 1. The first-order valence-corrected chi connectivity index (χ1v) is 11.0. The zero-order valence-electron chi connectivity index (χ0n) is 15.9. The Morgan fingerprint density at radius 1 is 1.26 bits per heavy atom. The highest BCUT2D eigenvalue weighted by Gasteiger charge is 2.34. The molecule has 0 unspecified atom stereocenters. The number of benzene rings is 1. The van der Waals surface area contributed by atoms with Gasteiger partial charge < -0.3 is 5.32 Å². The van der Waals surface area contributed by atoms with Crippen molar-refractivity contribution >= 4 is 33.4 Å². The summed E-state index contributed by atoms with van der Waals surface area (Å²) in [6.07, 6.45) is -3.76. The van der Waals surface area contributed by atoms with Gasteiger partial charge in [0.1, 0.15) is 6.04 Å². The standard InChI is InChI=1S/C17H25F3N2O3S2/c1-12(15(23)21-9-10-26-16(2,3)4)22(27(5,24)25)14-8-6-7-13(11-14)17(18,19)20/h6-8,11-12H,9-10H2,1-5H3,(H,21,23)/t12-/m0/s1. The zero-order valence-corrected chi connectivity index (χ0v) is 17.6. The van der Waals surface area contributed by atoms with Crippen LogP contribution in [0.4, 0.5) is 18.9 Å². The van der Waals surface area contributed by atoms with E-state index in [9.17, 15) is 26.4 Å². The lowest BCUT2D eigenvalue weighted by Gasteiger charge is -2.29. The Morgan fingerprint density at radius 3 is 2.33 bits per heavy atom. The van der Waals surface area contributed by atoms with E-state index in [1.54, 1.807) is 11.8 Å². The number of carbonyl (C=O) groups excluding carboxylic acids is 1. The molecule has 1 amide bonds. The number of hydrogen-bond acceptors (Lipinski definition) is 4. The van der Waals surface area contributed by atoms with Crippen molar-refractivity contribution < 1.29 is 26.4 Å². The van der Waals surface area contributed by atoms with E-state index < -0.39 is 33.7 Å². The van der Waals surface area contributed by atoms with Crippen LogP contribution in [0.5, 0.6) is 0 Å². The van der Waals surface area contributed by atoms with Gasteiger partial charge in [-0.15, -0.1) is 0 Å². The number of alkyl halides is 3. The van der Waals surface area contributed by atoms with Crippen molar-refractivity contribution in [2.75, 3.05) is 22.9 Å². The largest absolute Gasteiger partial charge is 0.416 e. The van der Waals surface area contributed by atoms with Gasteiger partial charge >= 0.3 is 6.18 Å². The highest BCUT2D eigenvalue weighted by Crippen LogP contribution is 2.32. The molecule has 1 N–H and O–H groups in total. The SMILES string of the molecule is C[C@@H](C(=O)NCCSC(C)(C)C)N(c1cccc(C(F)(F)F)c1)S(C)(=O)=O. The smallest absolute Gasteiger partial charge is 0.353 e. The van der Waals surface area contributed by atoms with Crippen LogP contribution in [0.2, 0.25) is 0 Å². The Bertz CT molecular complexity index is 759. The summed E-state index contributed by atoms with van der Waals surface area (Å²) in [7, 11) is -3.98. The van der Waals surface area contributed by atoms with Gasteiger partial charge in [-0.25, -0.2) is 8.42 Å². The van der Waals surface area contributed by atoms with Crippen molar-refractivity contribution in [3.8, 4) is 0 Å². The molecule has 0 saturated heterocycles. The number of halogens is 3. The molecule has 27 heavy (non-hydrogen) atoms. The number of thioether (sulfide) groups is 1. The number of nitrogens with one attached hydrogen (secondary N) is 1. The molecule has 0 heterocycles.